The predicted molar refractivity (Wildman–Crippen MR) is 283 cm³/mol. The highest BCUT2D eigenvalue weighted by Crippen LogP contribution is 2.70. The molecule has 4 heterocycles. The molecule has 22 heteroatoms. The molecule has 28 atom stereocenters. The normalized spacial score (nSPS) is 48.1. The SMILES string of the molecule is CO[C@H]1[C@@H](O)[C@H](O[C@@H]2[C@@H](C)O[C@@H](O[C@H]3[C@@H](OC)C[C@H](O[C@H]4CC[C@@]5(C)[C@@H](CC[C@@H]6[C@@H]5[C@H](OC(=O)/C=C/c5ccccc5)[C@@H](OC(C)=O)[C@]5(C)[C@@H](C(C)=O)CC[C@]65O)C4)O[C@@H]3C)C[C@H]2OC)O[C@H](C)[C@H]1O[C@@H]1O[C@H](CO)[C@@H](O)[C@H](O)[C@H]1O. The van der Waals surface area contributed by atoms with Crippen molar-refractivity contribution in [1.29, 1.82) is 0 Å². The highest BCUT2D eigenvalue weighted by molar-refractivity contribution is 5.87. The van der Waals surface area contributed by atoms with Gasteiger partial charge in [0.1, 0.15) is 72.9 Å². The number of hydrogen-bond donors (Lipinski definition) is 6. The van der Waals surface area contributed by atoms with Gasteiger partial charge in [0.25, 0.3) is 0 Å². The van der Waals surface area contributed by atoms with Crippen molar-refractivity contribution in [3.63, 3.8) is 0 Å². The summed E-state index contributed by atoms with van der Waals surface area (Å²) < 4.78 is 81.1. The Morgan fingerprint density at radius 1 is 0.654 bits per heavy atom. The van der Waals surface area contributed by atoms with Crippen molar-refractivity contribution in [2.75, 3.05) is 27.9 Å². The van der Waals surface area contributed by atoms with Gasteiger partial charge in [-0.2, -0.15) is 0 Å². The quantitative estimate of drug-likeness (QED) is 0.0743. The van der Waals surface area contributed by atoms with Gasteiger partial charge in [-0.3, -0.25) is 9.59 Å². The summed E-state index contributed by atoms with van der Waals surface area (Å²) in [5.74, 6) is -2.57. The Labute approximate surface area is 474 Å². The Kier molecular flexibility index (Phi) is 19.6. The third-order valence-electron chi connectivity index (χ3n) is 20.0. The molecular formula is C59H88O22. The van der Waals surface area contributed by atoms with Crippen molar-refractivity contribution in [3.05, 3.63) is 42.0 Å². The van der Waals surface area contributed by atoms with Gasteiger partial charge in [0, 0.05) is 64.4 Å². The number of fused-ring (bicyclic) bond motifs is 5. The molecule has 8 fully saturated rings. The largest absolute Gasteiger partial charge is 0.458 e. The molecule has 1 aromatic rings. The second-order valence-corrected chi connectivity index (χ2v) is 24.5. The molecule has 4 aliphatic heterocycles. The van der Waals surface area contributed by atoms with Crippen molar-refractivity contribution in [2.24, 2.45) is 34.5 Å². The summed E-state index contributed by atoms with van der Waals surface area (Å²) in [6, 6.07) is 9.39. The lowest BCUT2D eigenvalue weighted by atomic mass is 9.41. The average molecular weight is 1150 g/mol. The minimum absolute atomic E-state index is 0.0746. The number of aliphatic hydroxyl groups is 6. The van der Waals surface area contributed by atoms with Crippen LogP contribution in [0.25, 0.3) is 6.08 Å². The maximum atomic E-state index is 14.0. The summed E-state index contributed by atoms with van der Waals surface area (Å²) in [6.07, 6.45) is -12.6. The number of methoxy groups -OCH3 is 3. The molecule has 0 bridgehead atoms. The van der Waals surface area contributed by atoms with Crippen LogP contribution in [0.2, 0.25) is 0 Å². The summed E-state index contributed by atoms with van der Waals surface area (Å²) in [7, 11) is 4.52. The van der Waals surface area contributed by atoms with Crippen molar-refractivity contribution >= 4 is 23.8 Å². The minimum atomic E-state index is -1.68. The first kappa shape index (κ1) is 62.4. The van der Waals surface area contributed by atoms with Gasteiger partial charge in [0.2, 0.25) is 0 Å². The van der Waals surface area contributed by atoms with Gasteiger partial charge in [0.05, 0.1) is 48.8 Å². The van der Waals surface area contributed by atoms with Crippen molar-refractivity contribution < 1.29 is 107 Å². The lowest BCUT2D eigenvalue weighted by Gasteiger charge is -2.66. The Morgan fingerprint density at radius 2 is 1.27 bits per heavy atom. The smallest absolute Gasteiger partial charge is 0.331 e. The number of hydrogen-bond acceptors (Lipinski definition) is 22. The van der Waals surface area contributed by atoms with E-state index in [1.807, 2.05) is 44.2 Å². The Morgan fingerprint density at radius 3 is 1.89 bits per heavy atom. The van der Waals surface area contributed by atoms with Gasteiger partial charge >= 0.3 is 11.9 Å². The molecule has 8 aliphatic rings. The van der Waals surface area contributed by atoms with E-state index in [0.717, 1.165) is 12.0 Å². The average Bonchev–Trinajstić information content (AvgIpc) is 2.77. The lowest BCUT2D eigenvalue weighted by molar-refractivity contribution is -0.373. The number of aliphatic hydroxyl groups excluding tert-OH is 5. The van der Waals surface area contributed by atoms with Crippen LogP contribution < -0.4 is 0 Å². The predicted octanol–water partition coefficient (Wildman–Crippen LogP) is 2.89. The van der Waals surface area contributed by atoms with Crippen LogP contribution in [0.5, 0.6) is 0 Å². The topological polar surface area (TPSA) is 293 Å². The van der Waals surface area contributed by atoms with E-state index in [-0.39, 0.29) is 30.1 Å². The number of ketones is 1. The van der Waals surface area contributed by atoms with Crippen LogP contribution >= 0.6 is 0 Å². The van der Waals surface area contributed by atoms with Crippen LogP contribution in [0.3, 0.4) is 0 Å². The molecular weight excluding hydrogens is 1060 g/mol. The molecule has 1 aromatic carbocycles. The molecule has 81 heavy (non-hydrogen) atoms. The summed E-state index contributed by atoms with van der Waals surface area (Å²) >= 11 is 0. The molecule has 0 unspecified atom stereocenters. The summed E-state index contributed by atoms with van der Waals surface area (Å²) in [6.45, 7) is 11.6. The highest BCUT2D eigenvalue weighted by Gasteiger charge is 2.76. The second kappa shape index (κ2) is 25.5. The molecule has 4 saturated heterocycles. The molecule has 4 aliphatic carbocycles. The first-order chi connectivity index (χ1) is 38.5. The molecule has 0 spiro atoms. The fourth-order valence-electron chi connectivity index (χ4n) is 15.8. The van der Waals surface area contributed by atoms with Gasteiger partial charge in [-0.1, -0.05) is 44.2 Å². The number of Topliss-reactive ketones (excluding diaryl/α,β-unsaturated/α-hetero) is 1. The van der Waals surface area contributed by atoms with E-state index < -0.39 is 170 Å². The van der Waals surface area contributed by atoms with Crippen molar-refractivity contribution in [1.82, 2.24) is 0 Å². The van der Waals surface area contributed by atoms with E-state index in [1.165, 1.54) is 34.1 Å². The van der Waals surface area contributed by atoms with E-state index in [0.29, 0.717) is 44.9 Å². The maximum absolute atomic E-state index is 14.0. The second-order valence-electron chi connectivity index (χ2n) is 24.5. The van der Waals surface area contributed by atoms with Crippen LogP contribution in [0.1, 0.15) is 112 Å². The van der Waals surface area contributed by atoms with Crippen LogP contribution in [0.4, 0.5) is 0 Å². The van der Waals surface area contributed by atoms with Gasteiger partial charge in [-0.05, 0) is 102 Å². The molecule has 0 amide bonds. The number of benzene rings is 1. The lowest BCUT2D eigenvalue weighted by Crippen LogP contribution is -2.73. The maximum Gasteiger partial charge on any atom is 0.331 e. The van der Waals surface area contributed by atoms with E-state index >= 15 is 0 Å². The highest BCUT2D eigenvalue weighted by atomic mass is 16.8. The van der Waals surface area contributed by atoms with Gasteiger partial charge < -0.3 is 92.2 Å². The Balaban J connectivity index is 0.831. The molecule has 0 aromatic heterocycles. The third kappa shape index (κ3) is 12.0. The van der Waals surface area contributed by atoms with Gasteiger partial charge in [-0.25, -0.2) is 4.79 Å². The van der Waals surface area contributed by atoms with Crippen LogP contribution in [-0.4, -0.2) is 211 Å². The molecule has 9 rings (SSSR count). The zero-order chi connectivity index (χ0) is 58.5. The fourth-order valence-corrected chi connectivity index (χ4v) is 15.8. The van der Waals surface area contributed by atoms with Crippen LogP contribution in [0, 0.1) is 34.5 Å². The number of carbonyl (C=O) groups is 3. The van der Waals surface area contributed by atoms with Crippen LogP contribution in [-0.2, 0) is 76.0 Å². The molecule has 6 N–H and O–H groups in total. The van der Waals surface area contributed by atoms with E-state index in [2.05, 4.69) is 6.92 Å². The monoisotopic (exact) mass is 1150 g/mol. The molecule has 0 radical (unpaired) electrons. The first-order valence-corrected chi connectivity index (χ1v) is 29.0. The number of ether oxygens (including phenoxy) is 13. The zero-order valence-corrected chi connectivity index (χ0v) is 48.3. The summed E-state index contributed by atoms with van der Waals surface area (Å²) in [4.78, 5) is 40.5. The van der Waals surface area contributed by atoms with E-state index in [9.17, 15) is 45.0 Å². The van der Waals surface area contributed by atoms with E-state index in [1.54, 1.807) is 27.0 Å². The number of carbonyl (C=O) groups excluding carboxylic acids is 3. The van der Waals surface area contributed by atoms with Crippen molar-refractivity contribution in [3.8, 4) is 0 Å². The number of rotatable bonds is 17. The van der Waals surface area contributed by atoms with Gasteiger partial charge in [-0.15, -0.1) is 0 Å². The molecule has 4 saturated carbocycles. The molecule has 22 nitrogen and oxygen atoms in total. The van der Waals surface area contributed by atoms with Crippen molar-refractivity contribution in [2.45, 2.75) is 241 Å². The Hall–Kier alpha value is -3.11. The minimum Gasteiger partial charge on any atom is -0.458 e. The standard InChI is InChI=1S/C59H88O22/c1-28(61)36-21-23-59(68)37-18-17-34-24-35(20-22-57(34,6)44(37)52(54(58(36,59)7)75-32(5)62)78-41(63)19-16-33-14-12-11-13-15-33)76-42-25-38(69-8)49(29(2)72-42)79-43-26-39(70-9)50(30(3)73-43)80-56-48(67)53(71-10)51(31(4)74-56)81-55-47(66)46(65)45(64)40(27-60)77-55/h11-16,19,29-31,34-40,42-56,60,64-68H,17-18,20-27H2,1-10H3/b19-16+/t29-,30-,31-,34+,35+,36-,37-,38+,39-,40-,42+,43+,44-,45-,46+,47-,48-,49-,50-,51-,52+,53+,54-,55+,56+,57+,58+,59+/m1/s1. The zero-order valence-electron chi connectivity index (χ0n) is 48.3. The van der Waals surface area contributed by atoms with Gasteiger partial charge in [0.15, 0.2) is 25.2 Å². The molecule has 456 valence electrons. The number of esters is 2. The first-order valence-electron chi connectivity index (χ1n) is 29.0. The van der Waals surface area contributed by atoms with Crippen LogP contribution in [0.15, 0.2) is 36.4 Å². The summed E-state index contributed by atoms with van der Waals surface area (Å²) in [5.41, 5.74) is -2.25. The van der Waals surface area contributed by atoms with E-state index in [4.69, 9.17) is 61.6 Å². The Bertz CT molecular complexity index is 2330. The fraction of sp³-hybridized carbons (Fsp3) is 0.814. The third-order valence-corrected chi connectivity index (χ3v) is 20.0. The summed E-state index contributed by atoms with van der Waals surface area (Å²) in [5, 5.41) is 65.6.